The van der Waals surface area contributed by atoms with Crippen molar-refractivity contribution in [2.75, 3.05) is 19.3 Å². The van der Waals surface area contributed by atoms with E-state index in [1.165, 1.54) is 6.20 Å². The zero-order valence-corrected chi connectivity index (χ0v) is 17.7. The average molecular weight is 455 g/mol. The number of primary amides is 1. The van der Waals surface area contributed by atoms with Gasteiger partial charge in [0, 0.05) is 49.0 Å². The van der Waals surface area contributed by atoms with Crippen molar-refractivity contribution in [3.8, 4) is 0 Å². The third-order valence-electron chi connectivity index (χ3n) is 5.86. The molecular weight excluding hydrogens is 430 g/mol. The molecule has 0 bridgehead atoms. The number of halogens is 2. The molecule has 1 aromatic heterocycles. The first kappa shape index (κ1) is 21.8. The second-order valence-corrected chi connectivity index (χ2v) is 10.0. The number of carbonyl (C=O) groups is 1. The van der Waals surface area contributed by atoms with E-state index in [1.807, 2.05) is 0 Å². The molecule has 3 unspecified atom stereocenters. The first-order valence-electron chi connectivity index (χ1n) is 9.78. The van der Waals surface area contributed by atoms with Crippen molar-refractivity contribution in [2.45, 2.75) is 37.6 Å². The molecule has 1 aromatic carbocycles. The van der Waals surface area contributed by atoms with Gasteiger partial charge >= 0.3 is 0 Å². The Morgan fingerprint density at radius 1 is 1.29 bits per heavy atom. The highest BCUT2D eigenvalue weighted by atomic mass is 32.2. The lowest BCUT2D eigenvalue weighted by Gasteiger charge is -2.45. The van der Waals surface area contributed by atoms with Gasteiger partial charge in [-0.1, -0.05) is 0 Å². The number of amides is 1. The van der Waals surface area contributed by atoms with E-state index in [0.717, 1.165) is 34.1 Å². The van der Waals surface area contributed by atoms with E-state index in [9.17, 15) is 22.0 Å². The number of benzene rings is 1. The fourth-order valence-electron chi connectivity index (χ4n) is 4.55. The molecule has 31 heavy (non-hydrogen) atoms. The van der Waals surface area contributed by atoms with Crippen LogP contribution in [0.3, 0.4) is 0 Å². The summed E-state index contributed by atoms with van der Waals surface area (Å²) in [4.78, 5) is 15.5. The molecule has 9 nitrogen and oxygen atoms in total. The highest BCUT2D eigenvalue weighted by Crippen LogP contribution is 2.36. The van der Waals surface area contributed by atoms with Crippen LogP contribution in [-0.2, 0) is 27.9 Å². The third kappa shape index (κ3) is 4.33. The van der Waals surface area contributed by atoms with Gasteiger partial charge in [0.25, 0.3) is 10.0 Å². The van der Waals surface area contributed by atoms with Crippen LogP contribution in [0, 0.1) is 11.6 Å². The van der Waals surface area contributed by atoms with E-state index in [2.05, 4.69) is 10.00 Å². The van der Waals surface area contributed by atoms with Crippen LogP contribution < -0.4 is 11.5 Å². The molecule has 1 amide bonds. The molecule has 3 heterocycles. The molecule has 12 heteroatoms. The Kier molecular flexibility index (Phi) is 5.58. The predicted octanol–water partition coefficient (Wildman–Crippen LogP) is -0.0872. The van der Waals surface area contributed by atoms with Gasteiger partial charge in [0.05, 0.1) is 24.5 Å². The lowest BCUT2D eigenvalue weighted by Crippen LogP contribution is -2.57. The van der Waals surface area contributed by atoms with Crippen molar-refractivity contribution < 1.29 is 22.0 Å². The molecule has 3 atom stereocenters. The maximum absolute atomic E-state index is 14.5. The maximum atomic E-state index is 14.5. The topological polar surface area (TPSA) is 128 Å². The summed E-state index contributed by atoms with van der Waals surface area (Å²) in [5, 5.41) is 4.15. The molecule has 1 fully saturated rings. The lowest BCUT2D eigenvalue weighted by atomic mass is 9.87. The largest absolute Gasteiger partial charge is 0.369 e. The molecule has 0 aliphatic carbocycles. The lowest BCUT2D eigenvalue weighted by molar-refractivity contribution is -0.120. The highest BCUT2D eigenvalue weighted by Gasteiger charge is 2.41. The number of rotatable bonds is 5. The van der Waals surface area contributed by atoms with Crippen molar-refractivity contribution >= 4 is 15.9 Å². The first-order chi connectivity index (χ1) is 14.5. The zero-order valence-electron chi connectivity index (χ0n) is 16.9. The molecule has 2 aromatic rings. The molecule has 2 aliphatic rings. The van der Waals surface area contributed by atoms with E-state index < -0.39 is 39.6 Å². The molecule has 0 spiro atoms. The second kappa shape index (κ2) is 7.93. The normalized spacial score (nSPS) is 25.0. The summed E-state index contributed by atoms with van der Waals surface area (Å²) in [7, 11) is -3.46. The van der Waals surface area contributed by atoms with Gasteiger partial charge in [-0.15, -0.1) is 0 Å². The molecule has 4 rings (SSSR count). The molecular formula is C19H24F2N6O3S. The molecule has 4 N–H and O–H groups in total. The summed E-state index contributed by atoms with van der Waals surface area (Å²) < 4.78 is 52.6. The summed E-state index contributed by atoms with van der Waals surface area (Å²) in [6.45, 7) is 1.13. The minimum atomic E-state index is -3.46. The van der Waals surface area contributed by atoms with Crippen LogP contribution >= 0.6 is 0 Å². The van der Waals surface area contributed by atoms with Gasteiger partial charge in [0.15, 0.2) is 0 Å². The van der Waals surface area contributed by atoms with Gasteiger partial charge in [0.1, 0.15) is 11.6 Å². The quantitative estimate of drug-likeness (QED) is 0.646. The van der Waals surface area contributed by atoms with Crippen LogP contribution in [0.15, 0.2) is 24.4 Å². The number of likely N-dealkylation sites (tertiary alicyclic amines) is 1. The highest BCUT2D eigenvalue weighted by molar-refractivity contribution is 7.89. The number of hydrogen-bond donors (Lipinski definition) is 2. The van der Waals surface area contributed by atoms with E-state index in [-0.39, 0.29) is 18.2 Å². The molecule has 168 valence electrons. The average Bonchev–Trinajstić information content (AvgIpc) is 3.22. The van der Waals surface area contributed by atoms with Gasteiger partial charge in [-0.05, 0) is 24.6 Å². The third-order valence-corrected chi connectivity index (χ3v) is 6.73. The fraction of sp³-hybridized carbons (Fsp3) is 0.474. The van der Waals surface area contributed by atoms with Crippen molar-refractivity contribution in [3.63, 3.8) is 0 Å². The van der Waals surface area contributed by atoms with E-state index in [4.69, 9.17) is 11.5 Å². The number of carbonyl (C=O) groups excluding carboxylic acids is 1. The van der Waals surface area contributed by atoms with Crippen molar-refractivity contribution in [1.82, 2.24) is 19.0 Å². The molecule has 1 saturated heterocycles. The monoisotopic (exact) mass is 454 g/mol. The van der Waals surface area contributed by atoms with Crippen LogP contribution in [0.4, 0.5) is 8.78 Å². The fourth-order valence-corrected chi connectivity index (χ4v) is 5.11. The Labute approximate surface area is 178 Å². The SMILES string of the molecule is CS(=O)(=O)n1cc2c(n1)CN(C1CC(N)C(c3cc(F)ccc3F)N(CC(N)=O)C1)C2. The van der Waals surface area contributed by atoms with Gasteiger partial charge in [0.2, 0.25) is 5.91 Å². The number of aromatic nitrogens is 2. The van der Waals surface area contributed by atoms with Crippen LogP contribution in [-0.4, -0.2) is 64.7 Å². The Hall–Kier alpha value is -2.41. The van der Waals surface area contributed by atoms with Crippen LogP contribution in [0.1, 0.15) is 29.3 Å². The van der Waals surface area contributed by atoms with Gasteiger partial charge in [-0.2, -0.15) is 9.19 Å². The van der Waals surface area contributed by atoms with Crippen LogP contribution in [0.2, 0.25) is 0 Å². The Morgan fingerprint density at radius 2 is 2.03 bits per heavy atom. The summed E-state index contributed by atoms with van der Waals surface area (Å²) >= 11 is 0. The van der Waals surface area contributed by atoms with Crippen LogP contribution in [0.25, 0.3) is 0 Å². The first-order valence-corrected chi connectivity index (χ1v) is 11.6. The number of nitrogens with zero attached hydrogens (tertiary/aromatic N) is 4. The minimum absolute atomic E-state index is 0.0943. The molecule has 0 saturated carbocycles. The smallest absolute Gasteiger partial charge is 0.250 e. The summed E-state index contributed by atoms with van der Waals surface area (Å²) in [5.74, 6) is -1.77. The summed E-state index contributed by atoms with van der Waals surface area (Å²) in [6, 6.07) is 1.82. The van der Waals surface area contributed by atoms with Crippen molar-refractivity contribution in [1.29, 1.82) is 0 Å². The Balaban J connectivity index is 1.56. The number of fused-ring (bicyclic) bond motifs is 1. The van der Waals surface area contributed by atoms with Crippen molar-refractivity contribution in [2.24, 2.45) is 11.5 Å². The Bertz CT molecular complexity index is 1100. The number of nitrogens with two attached hydrogens (primary N) is 2. The predicted molar refractivity (Wildman–Crippen MR) is 108 cm³/mol. The van der Waals surface area contributed by atoms with Gasteiger partial charge in [-0.25, -0.2) is 17.2 Å². The van der Waals surface area contributed by atoms with Crippen molar-refractivity contribution in [3.05, 3.63) is 52.9 Å². The van der Waals surface area contributed by atoms with Gasteiger partial charge < -0.3 is 11.5 Å². The summed E-state index contributed by atoms with van der Waals surface area (Å²) in [6.07, 6.45) is 3.06. The molecule has 0 radical (unpaired) electrons. The van der Waals surface area contributed by atoms with Gasteiger partial charge in [-0.3, -0.25) is 14.6 Å². The van der Waals surface area contributed by atoms with E-state index in [0.29, 0.717) is 31.7 Å². The van der Waals surface area contributed by atoms with Crippen LogP contribution in [0.5, 0.6) is 0 Å². The number of hydrogen-bond acceptors (Lipinski definition) is 7. The Morgan fingerprint density at radius 3 is 2.68 bits per heavy atom. The van der Waals surface area contributed by atoms with E-state index >= 15 is 0 Å². The number of piperidine rings is 1. The molecule has 2 aliphatic heterocycles. The second-order valence-electron chi connectivity index (χ2n) is 8.20. The zero-order chi connectivity index (χ0) is 22.5. The van der Waals surface area contributed by atoms with E-state index in [1.54, 1.807) is 4.90 Å². The maximum Gasteiger partial charge on any atom is 0.250 e. The summed E-state index contributed by atoms with van der Waals surface area (Å²) in [5.41, 5.74) is 13.4. The standard InChI is InChI=1S/C19H24F2N6O3S/c1-31(29,30)27-7-11-6-25(9-17(11)24-27)13-5-16(22)19(26(8-13)10-18(23)28)14-4-12(20)2-3-15(14)21/h2-4,7,13,16,19H,5-6,8-10,22H2,1H3,(H2,23,28). The minimum Gasteiger partial charge on any atom is -0.369 e.